The molecule has 2 heterocycles. The van der Waals surface area contributed by atoms with Crippen LogP contribution in [-0.2, 0) is 0 Å². The molecule has 0 aromatic carbocycles. The third-order valence-corrected chi connectivity index (χ3v) is 1.33. The lowest BCUT2D eigenvalue weighted by Crippen LogP contribution is -2.05. The first-order valence-electron chi connectivity index (χ1n) is 3.16. The first kappa shape index (κ1) is 6.03. The van der Waals surface area contributed by atoms with Gasteiger partial charge in [-0.05, 0) is 0 Å². The van der Waals surface area contributed by atoms with E-state index < -0.39 is 0 Å². The van der Waals surface area contributed by atoms with Crippen molar-refractivity contribution in [3.63, 3.8) is 0 Å². The number of fused-ring (bicyclic) bond motifs is 1. The van der Waals surface area contributed by atoms with Crippen LogP contribution in [0.1, 0.15) is 0 Å². The summed E-state index contributed by atoms with van der Waals surface area (Å²) >= 11 is 0. The fraction of sp³-hybridized carbons (Fsp3) is 0. The van der Waals surface area contributed by atoms with Crippen molar-refractivity contribution in [3.05, 3.63) is 24.8 Å². The third-order valence-electron chi connectivity index (χ3n) is 1.33. The van der Waals surface area contributed by atoms with Gasteiger partial charge in [-0.15, -0.1) is 0 Å². The van der Waals surface area contributed by atoms with E-state index in [1.54, 1.807) is 12.4 Å². The van der Waals surface area contributed by atoms with E-state index in [-0.39, 0.29) is 0 Å². The van der Waals surface area contributed by atoms with Crippen molar-refractivity contribution < 1.29 is 0 Å². The summed E-state index contributed by atoms with van der Waals surface area (Å²) in [5.74, 6) is 0.715. The van der Waals surface area contributed by atoms with Gasteiger partial charge in [-0.1, -0.05) is 6.58 Å². The van der Waals surface area contributed by atoms with E-state index in [4.69, 9.17) is 0 Å². The molecule has 0 spiro atoms. The summed E-state index contributed by atoms with van der Waals surface area (Å²) in [6.07, 6.45) is 4.77. The summed E-state index contributed by atoms with van der Waals surface area (Å²) in [6.45, 7) is 3.69. The average molecular weight is 146 g/mol. The second-order valence-electron chi connectivity index (χ2n) is 2.17. The minimum Gasteiger partial charge on any atom is -0.338 e. The van der Waals surface area contributed by atoms with Crippen LogP contribution in [0.2, 0.25) is 0 Å². The fourth-order valence-corrected chi connectivity index (χ4v) is 0.845. The number of aliphatic imine (C=N–C) groups is 1. The zero-order valence-corrected chi connectivity index (χ0v) is 5.78. The molecule has 11 heavy (non-hydrogen) atoms. The van der Waals surface area contributed by atoms with Gasteiger partial charge in [0.05, 0.1) is 18.1 Å². The lowest BCUT2D eigenvalue weighted by Gasteiger charge is -2.10. The van der Waals surface area contributed by atoms with Gasteiger partial charge < -0.3 is 5.32 Å². The highest BCUT2D eigenvalue weighted by Gasteiger charge is 2.06. The molecule has 4 heteroatoms. The maximum absolute atomic E-state index is 4.06. The topological polar surface area (TPSA) is 50.2 Å². The minimum absolute atomic E-state index is 0.715. The number of nitrogens with one attached hydrogen (secondary N) is 1. The monoisotopic (exact) mass is 146 g/mol. The van der Waals surface area contributed by atoms with Gasteiger partial charge in [-0.3, -0.25) is 0 Å². The van der Waals surface area contributed by atoms with E-state index in [0.717, 1.165) is 11.4 Å². The Bertz CT molecular complexity index is 329. The van der Waals surface area contributed by atoms with E-state index in [9.17, 15) is 0 Å². The van der Waals surface area contributed by atoms with Crippen molar-refractivity contribution >= 4 is 17.7 Å². The second-order valence-corrected chi connectivity index (χ2v) is 2.17. The molecular weight excluding hydrogens is 140 g/mol. The highest BCUT2D eigenvalue weighted by atomic mass is 15.1. The fourth-order valence-electron chi connectivity index (χ4n) is 0.845. The molecule has 0 radical (unpaired) electrons. The number of nitrogens with zero attached hydrogens (tertiary/aromatic N) is 3. The van der Waals surface area contributed by atoms with Gasteiger partial charge in [-0.2, -0.15) is 0 Å². The van der Waals surface area contributed by atoms with Crippen LogP contribution < -0.4 is 5.32 Å². The van der Waals surface area contributed by atoms with E-state index in [2.05, 4.69) is 26.9 Å². The number of hydrogen-bond donors (Lipinski definition) is 1. The van der Waals surface area contributed by atoms with E-state index in [1.165, 1.54) is 6.33 Å². The molecule has 1 N–H and O–H groups in total. The van der Waals surface area contributed by atoms with Crippen molar-refractivity contribution in [1.82, 2.24) is 9.97 Å². The zero-order chi connectivity index (χ0) is 7.68. The van der Waals surface area contributed by atoms with Gasteiger partial charge in [0, 0.05) is 0 Å². The summed E-state index contributed by atoms with van der Waals surface area (Å²) in [5, 5.41) is 2.96. The molecule has 1 aromatic rings. The van der Waals surface area contributed by atoms with Crippen molar-refractivity contribution in [2.45, 2.75) is 0 Å². The van der Waals surface area contributed by atoms with Gasteiger partial charge in [0.15, 0.2) is 5.82 Å². The second kappa shape index (κ2) is 2.16. The van der Waals surface area contributed by atoms with E-state index in [0.29, 0.717) is 5.82 Å². The number of anilines is 1. The molecular formula is C7H6N4. The Labute approximate surface area is 63.7 Å². The molecule has 0 bridgehead atoms. The summed E-state index contributed by atoms with van der Waals surface area (Å²) in [6, 6.07) is 0. The highest BCUT2D eigenvalue weighted by Crippen LogP contribution is 2.23. The molecule has 0 aliphatic carbocycles. The Kier molecular flexibility index (Phi) is 1.18. The molecule has 0 unspecified atom stereocenters. The van der Waals surface area contributed by atoms with Crippen molar-refractivity contribution in [2.24, 2.45) is 4.99 Å². The van der Waals surface area contributed by atoms with Gasteiger partial charge in [0.1, 0.15) is 12.0 Å². The molecule has 0 saturated carbocycles. The number of rotatable bonds is 0. The van der Waals surface area contributed by atoms with Crippen molar-refractivity contribution in [3.8, 4) is 0 Å². The first-order chi connectivity index (χ1) is 5.36. The lowest BCUT2D eigenvalue weighted by molar-refractivity contribution is 1.15. The molecule has 4 nitrogen and oxygen atoms in total. The first-order valence-corrected chi connectivity index (χ1v) is 3.16. The normalized spacial score (nSPS) is 14.0. The molecule has 0 amide bonds. The highest BCUT2D eigenvalue weighted by molar-refractivity contribution is 5.89. The van der Waals surface area contributed by atoms with Gasteiger partial charge in [-0.25, -0.2) is 15.0 Å². The van der Waals surface area contributed by atoms with Crippen LogP contribution in [0.5, 0.6) is 0 Å². The Morgan fingerprint density at radius 3 is 3.27 bits per heavy atom. The molecule has 54 valence electrons. The van der Waals surface area contributed by atoms with Crippen LogP contribution in [-0.4, -0.2) is 16.2 Å². The summed E-state index contributed by atoms with van der Waals surface area (Å²) < 4.78 is 0. The largest absolute Gasteiger partial charge is 0.338 e. The maximum Gasteiger partial charge on any atom is 0.159 e. The molecule has 1 aliphatic rings. The van der Waals surface area contributed by atoms with Crippen LogP contribution in [0.15, 0.2) is 29.8 Å². The summed E-state index contributed by atoms with van der Waals surface area (Å²) in [4.78, 5) is 11.9. The Balaban J connectivity index is 2.54. The van der Waals surface area contributed by atoms with Crippen LogP contribution in [0.25, 0.3) is 0 Å². The quantitative estimate of drug-likeness (QED) is 0.596. The van der Waals surface area contributed by atoms with Gasteiger partial charge in [0.2, 0.25) is 0 Å². The summed E-state index contributed by atoms with van der Waals surface area (Å²) in [7, 11) is 0. The number of allylic oxidation sites excluding steroid dienone is 1. The predicted molar refractivity (Wildman–Crippen MR) is 42.9 cm³/mol. The average Bonchev–Trinajstić information content (AvgIpc) is 2.04. The minimum atomic E-state index is 0.715. The predicted octanol–water partition coefficient (Wildman–Crippen LogP) is 1.12. The molecule has 0 atom stereocenters. The maximum atomic E-state index is 4.06. The van der Waals surface area contributed by atoms with Crippen LogP contribution >= 0.6 is 0 Å². The standard InChI is InChI=1S/C7H6N4/c1-5-2-9-6-3-8-4-10-7(6)11-5/h2-4H,1H2,(H,8,10,11). The number of hydrogen-bond acceptors (Lipinski definition) is 4. The van der Waals surface area contributed by atoms with Gasteiger partial charge in [0.25, 0.3) is 0 Å². The Hall–Kier alpha value is -1.71. The van der Waals surface area contributed by atoms with Crippen molar-refractivity contribution in [1.29, 1.82) is 0 Å². The smallest absolute Gasteiger partial charge is 0.159 e. The zero-order valence-electron chi connectivity index (χ0n) is 5.78. The third kappa shape index (κ3) is 0.980. The van der Waals surface area contributed by atoms with Crippen LogP contribution in [0, 0.1) is 0 Å². The molecule has 1 aromatic heterocycles. The van der Waals surface area contributed by atoms with E-state index in [1.807, 2.05) is 0 Å². The Morgan fingerprint density at radius 2 is 2.36 bits per heavy atom. The molecule has 0 saturated heterocycles. The van der Waals surface area contributed by atoms with Crippen LogP contribution in [0.3, 0.4) is 0 Å². The number of aromatic nitrogens is 2. The van der Waals surface area contributed by atoms with Gasteiger partial charge >= 0.3 is 0 Å². The Morgan fingerprint density at radius 1 is 1.45 bits per heavy atom. The molecule has 1 aliphatic heterocycles. The van der Waals surface area contributed by atoms with E-state index >= 15 is 0 Å². The van der Waals surface area contributed by atoms with Crippen LogP contribution in [0.4, 0.5) is 11.5 Å². The molecule has 0 fully saturated rings. The lowest BCUT2D eigenvalue weighted by atomic mass is 10.4. The molecule has 2 rings (SSSR count). The SMILES string of the molecule is C=C1C=Nc2cncnc2N1. The summed E-state index contributed by atoms with van der Waals surface area (Å²) in [5.41, 5.74) is 1.50. The van der Waals surface area contributed by atoms with Crippen molar-refractivity contribution in [2.75, 3.05) is 5.32 Å².